The highest BCUT2D eigenvalue weighted by Crippen LogP contribution is 2.26. The van der Waals surface area contributed by atoms with Gasteiger partial charge in [-0.15, -0.1) is 21.5 Å². The van der Waals surface area contributed by atoms with E-state index in [0.717, 1.165) is 4.88 Å². The van der Waals surface area contributed by atoms with E-state index in [4.69, 9.17) is 9.52 Å². The summed E-state index contributed by atoms with van der Waals surface area (Å²) in [7, 11) is 0. The van der Waals surface area contributed by atoms with Crippen LogP contribution in [-0.2, 0) is 4.79 Å². The van der Waals surface area contributed by atoms with Gasteiger partial charge in [0.05, 0.1) is 4.88 Å². The number of thioether (sulfide) groups is 1. The standard InChI is InChI=1S/C10H10N2O3S2/c13-8(14)4-2-6-17-10-12-11-9(15-10)7-3-1-5-16-7/h1,3,5H,2,4,6H2,(H,13,14). The van der Waals surface area contributed by atoms with Crippen molar-refractivity contribution >= 4 is 29.1 Å². The number of carbonyl (C=O) groups is 1. The highest BCUT2D eigenvalue weighted by Gasteiger charge is 2.09. The van der Waals surface area contributed by atoms with Crippen molar-refractivity contribution in [2.24, 2.45) is 0 Å². The normalized spacial score (nSPS) is 10.6. The molecule has 17 heavy (non-hydrogen) atoms. The largest absolute Gasteiger partial charge is 0.481 e. The van der Waals surface area contributed by atoms with Gasteiger partial charge in [0.15, 0.2) is 0 Å². The lowest BCUT2D eigenvalue weighted by molar-refractivity contribution is -0.137. The van der Waals surface area contributed by atoms with Crippen molar-refractivity contribution in [3.63, 3.8) is 0 Å². The average molecular weight is 270 g/mol. The summed E-state index contributed by atoms with van der Waals surface area (Å²) in [6, 6.07) is 3.83. The van der Waals surface area contributed by atoms with Crippen LogP contribution in [-0.4, -0.2) is 27.0 Å². The lowest BCUT2D eigenvalue weighted by atomic mass is 10.3. The topological polar surface area (TPSA) is 76.2 Å². The number of carboxylic acids is 1. The van der Waals surface area contributed by atoms with Crippen LogP contribution in [0.3, 0.4) is 0 Å². The monoisotopic (exact) mass is 270 g/mol. The third kappa shape index (κ3) is 3.57. The van der Waals surface area contributed by atoms with Crippen molar-refractivity contribution < 1.29 is 14.3 Å². The lowest BCUT2D eigenvalue weighted by Gasteiger charge is -1.93. The van der Waals surface area contributed by atoms with Crippen LogP contribution in [0.25, 0.3) is 10.8 Å². The van der Waals surface area contributed by atoms with Gasteiger partial charge >= 0.3 is 5.97 Å². The van der Waals surface area contributed by atoms with Gasteiger partial charge in [-0.25, -0.2) is 0 Å². The van der Waals surface area contributed by atoms with E-state index >= 15 is 0 Å². The molecule has 5 nitrogen and oxygen atoms in total. The van der Waals surface area contributed by atoms with E-state index in [0.29, 0.717) is 23.3 Å². The van der Waals surface area contributed by atoms with Crippen LogP contribution in [0, 0.1) is 0 Å². The Labute approximate surface area is 106 Å². The lowest BCUT2D eigenvalue weighted by Crippen LogP contribution is -1.94. The van der Waals surface area contributed by atoms with E-state index in [2.05, 4.69) is 10.2 Å². The van der Waals surface area contributed by atoms with Crippen molar-refractivity contribution in [1.29, 1.82) is 0 Å². The summed E-state index contributed by atoms with van der Waals surface area (Å²) in [5.41, 5.74) is 0. The smallest absolute Gasteiger partial charge is 0.303 e. The van der Waals surface area contributed by atoms with Gasteiger partial charge in [0.2, 0.25) is 0 Å². The number of carboxylic acid groups (broad SMARTS) is 1. The van der Waals surface area contributed by atoms with Crippen LogP contribution >= 0.6 is 23.1 Å². The number of rotatable bonds is 6. The predicted octanol–water partition coefficient (Wildman–Crippen LogP) is 2.76. The molecular formula is C10H10N2O3S2. The molecule has 2 rings (SSSR count). The SMILES string of the molecule is O=C(O)CCCSc1nnc(-c2cccs2)o1. The molecule has 0 atom stereocenters. The second-order valence-corrected chi connectivity index (χ2v) is 5.19. The second kappa shape index (κ2) is 5.83. The summed E-state index contributed by atoms with van der Waals surface area (Å²) in [4.78, 5) is 11.3. The Hall–Kier alpha value is -1.34. The van der Waals surface area contributed by atoms with E-state index < -0.39 is 5.97 Å². The first-order valence-electron chi connectivity index (χ1n) is 4.97. The average Bonchev–Trinajstić information content (AvgIpc) is 2.94. The fourth-order valence-electron chi connectivity index (χ4n) is 1.15. The molecule has 0 aliphatic rings. The quantitative estimate of drug-likeness (QED) is 0.642. The van der Waals surface area contributed by atoms with Gasteiger partial charge in [-0.2, -0.15) is 0 Å². The zero-order valence-corrected chi connectivity index (χ0v) is 10.5. The molecule has 0 saturated carbocycles. The van der Waals surface area contributed by atoms with Gasteiger partial charge in [-0.05, 0) is 17.9 Å². The van der Waals surface area contributed by atoms with Crippen LogP contribution < -0.4 is 0 Å². The van der Waals surface area contributed by atoms with Gasteiger partial charge in [-0.1, -0.05) is 17.8 Å². The van der Waals surface area contributed by atoms with Gasteiger partial charge in [0, 0.05) is 12.2 Å². The molecule has 0 aliphatic carbocycles. The number of hydrogen-bond donors (Lipinski definition) is 1. The summed E-state index contributed by atoms with van der Waals surface area (Å²) < 4.78 is 5.44. The third-order valence-electron chi connectivity index (χ3n) is 1.90. The third-order valence-corrected chi connectivity index (χ3v) is 3.66. The van der Waals surface area contributed by atoms with Crippen LogP contribution in [0.1, 0.15) is 12.8 Å². The number of thiophene rings is 1. The van der Waals surface area contributed by atoms with Gasteiger partial charge in [0.1, 0.15) is 0 Å². The van der Waals surface area contributed by atoms with Gasteiger partial charge < -0.3 is 9.52 Å². The van der Waals surface area contributed by atoms with E-state index in [1.54, 1.807) is 0 Å². The molecule has 7 heteroatoms. The Bertz CT molecular complexity index is 481. The van der Waals surface area contributed by atoms with E-state index in [1.165, 1.54) is 23.1 Å². The van der Waals surface area contributed by atoms with E-state index in [1.807, 2.05) is 17.5 Å². The van der Waals surface area contributed by atoms with E-state index in [-0.39, 0.29) is 6.42 Å². The highest BCUT2D eigenvalue weighted by molar-refractivity contribution is 7.99. The first-order valence-corrected chi connectivity index (χ1v) is 6.84. The summed E-state index contributed by atoms with van der Waals surface area (Å²) >= 11 is 2.92. The number of nitrogens with zero attached hydrogens (tertiary/aromatic N) is 2. The molecule has 90 valence electrons. The summed E-state index contributed by atoms with van der Waals surface area (Å²) in [6.07, 6.45) is 0.760. The minimum atomic E-state index is -0.782. The summed E-state index contributed by atoms with van der Waals surface area (Å²) in [5.74, 6) is 0.398. The Morgan fingerprint density at radius 1 is 1.53 bits per heavy atom. The van der Waals surface area contributed by atoms with Crippen molar-refractivity contribution in [3.8, 4) is 10.8 Å². The van der Waals surface area contributed by atoms with Gasteiger partial charge in [-0.3, -0.25) is 4.79 Å². The Morgan fingerprint density at radius 2 is 2.41 bits per heavy atom. The fraction of sp³-hybridized carbons (Fsp3) is 0.300. The van der Waals surface area contributed by atoms with E-state index in [9.17, 15) is 4.79 Å². The molecule has 0 bridgehead atoms. The molecule has 2 heterocycles. The Kier molecular flexibility index (Phi) is 4.16. The van der Waals surface area contributed by atoms with Crippen LogP contribution in [0.5, 0.6) is 0 Å². The zero-order chi connectivity index (χ0) is 12.1. The summed E-state index contributed by atoms with van der Waals surface area (Å²) in [5, 5.41) is 18.7. The van der Waals surface area contributed by atoms with Crippen LogP contribution in [0.4, 0.5) is 0 Å². The molecular weight excluding hydrogens is 260 g/mol. The number of hydrogen-bond acceptors (Lipinski definition) is 6. The molecule has 0 unspecified atom stereocenters. The van der Waals surface area contributed by atoms with Crippen molar-refractivity contribution in [2.75, 3.05) is 5.75 Å². The molecule has 2 aromatic rings. The van der Waals surface area contributed by atoms with Crippen molar-refractivity contribution in [3.05, 3.63) is 17.5 Å². The number of aromatic nitrogens is 2. The zero-order valence-electron chi connectivity index (χ0n) is 8.83. The Balaban J connectivity index is 1.84. The van der Waals surface area contributed by atoms with Crippen LogP contribution in [0.2, 0.25) is 0 Å². The molecule has 0 aromatic carbocycles. The summed E-state index contributed by atoms with van der Waals surface area (Å²) in [6.45, 7) is 0. The van der Waals surface area contributed by atoms with Gasteiger partial charge in [0.25, 0.3) is 11.1 Å². The fourth-order valence-corrected chi connectivity index (χ4v) is 2.49. The first-order chi connectivity index (χ1) is 8.25. The minimum Gasteiger partial charge on any atom is -0.481 e. The molecule has 0 saturated heterocycles. The maximum Gasteiger partial charge on any atom is 0.303 e. The Morgan fingerprint density at radius 3 is 3.12 bits per heavy atom. The molecule has 0 radical (unpaired) electrons. The maximum atomic E-state index is 10.3. The molecule has 1 N–H and O–H groups in total. The van der Waals surface area contributed by atoms with Crippen molar-refractivity contribution in [1.82, 2.24) is 10.2 Å². The van der Waals surface area contributed by atoms with Crippen LogP contribution in [0.15, 0.2) is 27.2 Å². The first kappa shape index (κ1) is 12.1. The maximum absolute atomic E-state index is 10.3. The number of aliphatic carboxylic acids is 1. The molecule has 0 aliphatic heterocycles. The minimum absolute atomic E-state index is 0.166. The van der Waals surface area contributed by atoms with Crippen molar-refractivity contribution in [2.45, 2.75) is 18.1 Å². The molecule has 2 aromatic heterocycles. The molecule has 0 amide bonds. The second-order valence-electron chi connectivity index (χ2n) is 3.20. The molecule has 0 fully saturated rings. The highest BCUT2D eigenvalue weighted by atomic mass is 32.2. The predicted molar refractivity (Wildman–Crippen MR) is 65.2 cm³/mol. The molecule has 0 spiro atoms.